The number of aliphatic carboxylic acids is 1. The van der Waals surface area contributed by atoms with E-state index in [0.29, 0.717) is 6.42 Å². The number of aryl methyl sites for hydroxylation is 1. The molecule has 1 rings (SSSR count). The molecule has 1 atom stereocenters. The Morgan fingerprint density at radius 3 is 2.67 bits per heavy atom. The Morgan fingerprint density at radius 2 is 2.14 bits per heavy atom. The van der Waals surface area contributed by atoms with Crippen LogP contribution in [0.3, 0.4) is 0 Å². The first-order chi connectivity index (χ1) is 9.73. The van der Waals surface area contributed by atoms with Crippen molar-refractivity contribution in [2.45, 2.75) is 44.9 Å². The summed E-state index contributed by atoms with van der Waals surface area (Å²) >= 11 is 0. The second-order valence-electron chi connectivity index (χ2n) is 4.51. The zero-order valence-electron chi connectivity index (χ0n) is 11.4. The van der Waals surface area contributed by atoms with Gasteiger partial charge in [-0.2, -0.15) is 18.3 Å². The molecule has 0 saturated heterocycles. The van der Waals surface area contributed by atoms with Crippen LogP contribution in [-0.2, 0) is 11.3 Å². The van der Waals surface area contributed by atoms with E-state index in [4.69, 9.17) is 5.11 Å². The molecule has 0 aliphatic carbocycles. The maximum absolute atomic E-state index is 12.1. The third kappa shape index (κ3) is 5.84. The van der Waals surface area contributed by atoms with E-state index < -0.39 is 37.1 Å². The molecule has 0 fully saturated rings. The van der Waals surface area contributed by atoms with Gasteiger partial charge in [-0.05, 0) is 6.42 Å². The van der Waals surface area contributed by atoms with Gasteiger partial charge < -0.3 is 10.4 Å². The fourth-order valence-electron chi connectivity index (χ4n) is 1.63. The zero-order valence-corrected chi connectivity index (χ0v) is 11.4. The molecule has 9 heteroatoms. The summed E-state index contributed by atoms with van der Waals surface area (Å²) in [6, 6.07) is -1.03. The number of nitrogens with zero attached hydrogens (tertiary/aromatic N) is 2. The van der Waals surface area contributed by atoms with Crippen molar-refractivity contribution < 1.29 is 27.9 Å². The summed E-state index contributed by atoms with van der Waals surface area (Å²) in [5.74, 6) is -1.83. The van der Waals surface area contributed by atoms with Gasteiger partial charge in [0.05, 0.1) is 18.2 Å². The van der Waals surface area contributed by atoms with Crippen molar-refractivity contribution in [3.8, 4) is 0 Å². The van der Waals surface area contributed by atoms with Crippen LogP contribution in [0.15, 0.2) is 12.4 Å². The number of hydrogen-bond donors (Lipinski definition) is 2. The van der Waals surface area contributed by atoms with Crippen molar-refractivity contribution in [2.75, 3.05) is 0 Å². The van der Waals surface area contributed by atoms with E-state index in [9.17, 15) is 22.8 Å². The SMILES string of the molecule is CCCC(NC(=O)c1cnn(CCC(F)(F)F)c1)C(=O)O. The van der Waals surface area contributed by atoms with Gasteiger partial charge in [0.15, 0.2) is 0 Å². The highest BCUT2D eigenvalue weighted by molar-refractivity contribution is 5.96. The highest BCUT2D eigenvalue weighted by Crippen LogP contribution is 2.20. The number of hydrogen-bond acceptors (Lipinski definition) is 3. The number of carbonyl (C=O) groups is 2. The average Bonchev–Trinajstić information content (AvgIpc) is 2.83. The Hall–Kier alpha value is -2.06. The van der Waals surface area contributed by atoms with Gasteiger partial charge in [0.1, 0.15) is 6.04 Å². The molecule has 118 valence electrons. The number of nitrogens with one attached hydrogen (secondary N) is 1. The smallest absolute Gasteiger partial charge is 0.390 e. The molecule has 0 radical (unpaired) electrons. The van der Waals surface area contributed by atoms with E-state index in [0.717, 1.165) is 17.1 Å². The van der Waals surface area contributed by atoms with Crippen LogP contribution in [0.1, 0.15) is 36.5 Å². The number of halogens is 3. The summed E-state index contributed by atoms with van der Waals surface area (Å²) in [7, 11) is 0. The maximum Gasteiger partial charge on any atom is 0.390 e. The summed E-state index contributed by atoms with van der Waals surface area (Å²) < 4.78 is 37.2. The molecule has 1 aromatic rings. The van der Waals surface area contributed by atoms with Gasteiger partial charge in [-0.25, -0.2) is 4.79 Å². The van der Waals surface area contributed by atoms with E-state index in [1.54, 1.807) is 6.92 Å². The van der Waals surface area contributed by atoms with E-state index >= 15 is 0 Å². The molecular formula is C12H16F3N3O3. The Labute approximate surface area is 118 Å². The minimum absolute atomic E-state index is 0.0273. The third-order valence-electron chi connectivity index (χ3n) is 2.70. The molecule has 1 aromatic heterocycles. The molecule has 21 heavy (non-hydrogen) atoms. The number of alkyl halides is 3. The quantitative estimate of drug-likeness (QED) is 0.805. The highest BCUT2D eigenvalue weighted by Gasteiger charge is 2.27. The lowest BCUT2D eigenvalue weighted by molar-refractivity contribution is -0.139. The monoisotopic (exact) mass is 307 g/mol. The Morgan fingerprint density at radius 1 is 1.48 bits per heavy atom. The van der Waals surface area contributed by atoms with Crippen LogP contribution in [0.25, 0.3) is 0 Å². The van der Waals surface area contributed by atoms with Crippen LogP contribution in [0.2, 0.25) is 0 Å². The fraction of sp³-hybridized carbons (Fsp3) is 0.583. The maximum atomic E-state index is 12.1. The lowest BCUT2D eigenvalue weighted by atomic mass is 10.1. The molecule has 0 bridgehead atoms. The van der Waals surface area contributed by atoms with Crippen molar-refractivity contribution in [3.63, 3.8) is 0 Å². The molecule has 1 unspecified atom stereocenters. The van der Waals surface area contributed by atoms with Crippen LogP contribution >= 0.6 is 0 Å². The Bertz CT molecular complexity index is 499. The fourth-order valence-corrected chi connectivity index (χ4v) is 1.63. The van der Waals surface area contributed by atoms with Crippen LogP contribution in [-0.4, -0.2) is 39.0 Å². The van der Waals surface area contributed by atoms with Crippen molar-refractivity contribution >= 4 is 11.9 Å². The predicted molar refractivity (Wildman–Crippen MR) is 66.7 cm³/mol. The number of carboxylic acids is 1. The number of amides is 1. The normalized spacial score (nSPS) is 13.0. The van der Waals surface area contributed by atoms with Crippen LogP contribution < -0.4 is 5.32 Å². The van der Waals surface area contributed by atoms with Crippen LogP contribution in [0.4, 0.5) is 13.2 Å². The summed E-state index contributed by atoms with van der Waals surface area (Å²) in [6.07, 6.45) is -2.25. The number of aromatic nitrogens is 2. The molecule has 0 saturated carbocycles. The summed E-state index contributed by atoms with van der Waals surface area (Å²) in [5, 5.41) is 14.9. The lowest BCUT2D eigenvalue weighted by Crippen LogP contribution is -2.40. The first-order valence-electron chi connectivity index (χ1n) is 6.36. The minimum Gasteiger partial charge on any atom is -0.480 e. The van der Waals surface area contributed by atoms with Crippen molar-refractivity contribution in [2.24, 2.45) is 0 Å². The molecule has 2 N–H and O–H groups in total. The predicted octanol–water partition coefficient (Wildman–Crippen LogP) is 1.82. The largest absolute Gasteiger partial charge is 0.480 e. The van der Waals surface area contributed by atoms with Crippen molar-refractivity contribution in [1.82, 2.24) is 15.1 Å². The van der Waals surface area contributed by atoms with Crippen molar-refractivity contribution in [1.29, 1.82) is 0 Å². The topological polar surface area (TPSA) is 84.2 Å². The molecular weight excluding hydrogens is 291 g/mol. The van der Waals surface area contributed by atoms with Gasteiger partial charge in [0, 0.05) is 12.7 Å². The second kappa shape index (κ2) is 7.09. The van der Waals surface area contributed by atoms with Gasteiger partial charge in [0.25, 0.3) is 5.91 Å². The molecule has 0 aliphatic rings. The molecule has 0 aliphatic heterocycles. The number of carbonyl (C=O) groups excluding carboxylic acids is 1. The Kier molecular flexibility index (Phi) is 5.74. The number of carboxylic acid groups (broad SMARTS) is 1. The summed E-state index contributed by atoms with van der Waals surface area (Å²) in [6.45, 7) is 1.38. The van der Waals surface area contributed by atoms with Gasteiger partial charge in [-0.3, -0.25) is 9.48 Å². The molecule has 6 nitrogen and oxygen atoms in total. The molecule has 0 aromatic carbocycles. The lowest BCUT2D eigenvalue weighted by Gasteiger charge is -2.12. The number of rotatable bonds is 7. The van der Waals surface area contributed by atoms with Crippen LogP contribution in [0.5, 0.6) is 0 Å². The summed E-state index contributed by atoms with van der Waals surface area (Å²) in [4.78, 5) is 22.7. The molecule has 1 heterocycles. The van der Waals surface area contributed by atoms with Gasteiger partial charge in [-0.15, -0.1) is 0 Å². The van der Waals surface area contributed by atoms with Gasteiger partial charge >= 0.3 is 12.1 Å². The first kappa shape index (κ1) is 17.0. The minimum atomic E-state index is -4.30. The van der Waals surface area contributed by atoms with Gasteiger partial charge in [0.2, 0.25) is 0 Å². The zero-order chi connectivity index (χ0) is 16.0. The molecule has 1 amide bonds. The van der Waals surface area contributed by atoms with Gasteiger partial charge in [-0.1, -0.05) is 13.3 Å². The highest BCUT2D eigenvalue weighted by atomic mass is 19.4. The second-order valence-corrected chi connectivity index (χ2v) is 4.51. The Balaban J connectivity index is 2.63. The van der Waals surface area contributed by atoms with E-state index in [1.807, 2.05) is 0 Å². The van der Waals surface area contributed by atoms with E-state index in [1.165, 1.54) is 0 Å². The average molecular weight is 307 g/mol. The van der Waals surface area contributed by atoms with E-state index in [2.05, 4.69) is 10.4 Å². The summed E-state index contributed by atoms with van der Waals surface area (Å²) in [5.41, 5.74) is 0.0273. The first-order valence-corrected chi connectivity index (χ1v) is 6.36. The van der Waals surface area contributed by atoms with E-state index in [-0.39, 0.29) is 12.0 Å². The third-order valence-corrected chi connectivity index (χ3v) is 2.70. The molecule has 0 spiro atoms. The van der Waals surface area contributed by atoms with Crippen molar-refractivity contribution in [3.05, 3.63) is 18.0 Å². The standard InChI is InChI=1S/C12H16F3N3O3/c1-2-3-9(11(20)21)17-10(19)8-6-16-18(7-8)5-4-12(13,14)15/h6-7,9H,2-5H2,1H3,(H,17,19)(H,20,21). The van der Waals surface area contributed by atoms with Crippen LogP contribution in [0, 0.1) is 0 Å².